The van der Waals surface area contributed by atoms with Gasteiger partial charge >= 0.3 is 0 Å². The van der Waals surface area contributed by atoms with E-state index >= 15 is 0 Å². The van der Waals surface area contributed by atoms with E-state index in [1.54, 1.807) is 41.6 Å². The number of carbonyl (C=O) groups excluding carboxylic acids is 2. The number of aromatic amines is 1. The monoisotopic (exact) mass is 342 g/mol. The van der Waals surface area contributed by atoms with Gasteiger partial charge < -0.3 is 24.5 Å². The molecule has 25 heavy (non-hydrogen) atoms. The van der Waals surface area contributed by atoms with Gasteiger partial charge in [0.15, 0.2) is 5.60 Å². The third kappa shape index (κ3) is 3.02. The number of aromatic nitrogens is 1. The Hall–Kier alpha value is -3.03. The van der Waals surface area contributed by atoms with Gasteiger partial charge in [0.05, 0.1) is 19.4 Å². The second-order valence-electron chi connectivity index (χ2n) is 6.31. The number of hydrogen-bond acceptors (Lipinski definition) is 5. The van der Waals surface area contributed by atoms with E-state index in [1.165, 1.54) is 0 Å². The summed E-state index contributed by atoms with van der Waals surface area (Å²) in [6.45, 7) is 1.30. The molecular weight excluding hydrogens is 324 g/mol. The lowest BCUT2D eigenvalue weighted by molar-refractivity contribution is -0.115. The summed E-state index contributed by atoms with van der Waals surface area (Å²) in [4.78, 5) is 34.9. The SMILES string of the molecule is O=C(NCc1ccco1)C1=NOC2(CCN(C(=O)c3ccc[nH]3)C2)C1. The van der Waals surface area contributed by atoms with Gasteiger partial charge in [-0.05, 0) is 24.3 Å². The molecule has 1 saturated heterocycles. The van der Waals surface area contributed by atoms with Gasteiger partial charge in [0, 0.05) is 25.6 Å². The highest BCUT2D eigenvalue weighted by Crippen LogP contribution is 2.34. The zero-order valence-electron chi connectivity index (χ0n) is 13.5. The molecule has 4 heterocycles. The van der Waals surface area contributed by atoms with Crippen molar-refractivity contribution in [2.45, 2.75) is 25.0 Å². The van der Waals surface area contributed by atoms with Crippen LogP contribution in [0.4, 0.5) is 0 Å². The number of likely N-dealkylation sites (tertiary alicyclic amines) is 1. The average Bonchev–Trinajstić information content (AvgIpc) is 3.41. The van der Waals surface area contributed by atoms with Crippen molar-refractivity contribution in [1.82, 2.24) is 15.2 Å². The van der Waals surface area contributed by atoms with Crippen LogP contribution < -0.4 is 5.32 Å². The zero-order valence-corrected chi connectivity index (χ0v) is 13.5. The van der Waals surface area contributed by atoms with Gasteiger partial charge in [-0.15, -0.1) is 0 Å². The van der Waals surface area contributed by atoms with E-state index in [2.05, 4.69) is 15.5 Å². The van der Waals surface area contributed by atoms with E-state index in [1.807, 2.05) is 0 Å². The molecule has 2 aromatic rings. The Morgan fingerprint density at radius 3 is 3.04 bits per heavy atom. The van der Waals surface area contributed by atoms with Crippen LogP contribution in [-0.2, 0) is 16.2 Å². The molecule has 0 aliphatic carbocycles. The lowest BCUT2D eigenvalue weighted by Crippen LogP contribution is -2.38. The number of furan rings is 1. The van der Waals surface area contributed by atoms with Crippen molar-refractivity contribution < 1.29 is 18.8 Å². The van der Waals surface area contributed by atoms with Gasteiger partial charge in [0.1, 0.15) is 17.2 Å². The Labute approximate surface area is 143 Å². The van der Waals surface area contributed by atoms with Gasteiger partial charge in [0.2, 0.25) is 0 Å². The fourth-order valence-corrected chi connectivity index (χ4v) is 3.20. The molecule has 2 aliphatic rings. The minimum Gasteiger partial charge on any atom is -0.467 e. The van der Waals surface area contributed by atoms with Gasteiger partial charge in [-0.25, -0.2) is 0 Å². The predicted octanol–water partition coefficient (Wildman–Crippen LogP) is 1.29. The normalized spacial score (nSPS) is 22.1. The molecule has 0 bridgehead atoms. The molecule has 0 saturated carbocycles. The standard InChI is InChI=1S/C17H18N4O4/c22-15(19-10-12-3-2-8-24-12)14-9-17(25-20-14)5-7-21(11-17)16(23)13-4-1-6-18-13/h1-4,6,8,18H,5,7,9-11H2,(H,19,22). The van der Waals surface area contributed by atoms with Crippen LogP contribution in [-0.4, -0.2) is 46.1 Å². The molecule has 8 heteroatoms. The summed E-state index contributed by atoms with van der Waals surface area (Å²) < 4.78 is 5.18. The number of nitrogens with one attached hydrogen (secondary N) is 2. The molecule has 2 aromatic heterocycles. The van der Waals surface area contributed by atoms with Gasteiger partial charge in [-0.2, -0.15) is 0 Å². The first-order chi connectivity index (χ1) is 12.2. The molecule has 1 spiro atoms. The van der Waals surface area contributed by atoms with Gasteiger partial charge in [-0.1, -0.05) is 5.16 Å². The van der Waals surface area contributed by atoms with E-state index in [0.717, 1.165) is 0 Å². The largest absolute Gasteiger partial charge is 0.467 e. The quantitative estimate of drug-likeness (QED) is 0.874. The van der Waals surface area contributed by atoms with Crippen LogP contribution in [0.25, 0.3) is 0 Å². The van der Waals surface area contributed by atoms with E-state index < -0.39 is 5.60 Å². The number of oxime groups is 1. The van der Waals surface area contributed by atoms with Crippen LogP contribution in [0.5, 0.6) is 0 Å². The van der Waals surface area contributed by atoms with Crippen molar-refractivity contribution in [3.63, 3.8) is 0 Å². The van der Waals surface area contributed by atoms with Crippen molar-refractivity contribution in [2.24, 2.45) is 5.16 Å². The van der Waals surface area contributed by atoms with Crippen LogP contribution in [0.15, 0.2) is 46.3 Å². The second kappa shape index (κ2) is 6.12. The summed E-state index contributed by atoms with van der Waals surface area (Å²) in [6, 6.07) is 7.08. The molecule has 1 fully saturated rings. The molecule has 1 unspecified atom stereocenters. The highest BCUT2D eigenvalue weighted by atomic mass is 16.7. The van der Waals surface area contributed by atoms with E-state index in [-0.39, 0.29) is 11.8 Å². The van der Waals surface area contributed by atoms with Crippen molar-refractivity contribution in [2.75, 3.05) is 13.1 Å². The summed E-state index contributed by atoms with van der Waals surface area (Å²) >= 11 is 0. The molecule has 130 valence electrons. The Morgan fingerprint density at radius 2 is 2.28 bits per heavy atom. The Kier molecular flexibility index (Phi) is 3.79. The molecule has 8 nitrogen and oxygen atoms in total. The minimum absolute atomic E-state index is 0.0683. The van der Waals surface area contributed by atoms with Gasteiger partial charge in [0.25, 0.3) is 11.8 Å². The van der Waals surface area contributed by atoms with E-state index in [9.17, 15) is 9.59 Å². The minimum atomic E-state index is -0.598. The molecule has 0 aromatic carbocycles. The van der Waals surface area contributed by atoms with Crippen LogP contribution in [0.2, 0.25) is 0 Å². The maximum atomic E-state index is 12.4. The number of H-pyrrole nitrogens is 1. The van der Waals surface area contributed by atoms with Crippen molar-refractivity contribution in [1.29, 1.82) is 0 Å². The van der Waals surface area contributed by atoms with Crippen molar-refractivity contribution >= 4 is 17.5 Å². The molecule has 0 radical (unpaired) electrons. The van der Waals surface area contributed by atoms with Crippen LogP contribution >= 0.6 is 0 Å². The second-order valence-corrected chi connectivity index (χ2v) is 6.31. The maximum Gasteiger partial charge on any atom is 0.270 e. The third-order valence-corrected chi connectivity index (χ3v) is 4.54. The predicted molar refractivity (Wildman–Crippen MR) is 87.7 cm³/mol. The van der Waals surface area contributed by atoms with Gasteiger partial charge in [-0.3, -0.25) is 9.59 Å². The number of hydrogen-bond donors (Lipinski definition) is 2. The van der Waals surface area contributed by atoms with Crippen LogP contribution in [0.3, 0.4) is 0 Å². The van der Waals surface area contributed by atoms with Crippen molar-refractivity contribution in [3.05, 3.63) is 48.2 Å². The lowest BCUT2D eigenvalue weighted by atomic mass is 9.96. The fourth-order valence-electron chi connectivity index (χ4n) is 3.20. The van der Waals surface area contributed by atoms with Crippen LogP contribution in [0, 0.1) is 0 Å². The first kappa shape index (κ1) is 15.5. The molecule has 4 rings (SSSR count). The highest BCUT2D eigenvalue weighted by molar-refractivity contribution is 6.39. The lowest BCUT2D eigenvalue weighted by Gasteiger charge is -2.21. The summed E-state index contributed by atoms with van der Waals surface area (Å²) in [7, 11) is 0. The third-order valence-electron chi connectivity index (χ3n) is 4.54. The highest BCUT2D eigenvalue weighted by Gasteiger charge is 2.48. The smallest absolute Gasteiger partial charge is 0.270 e. The van der Waals surface area contributed by atoms with E-state index in [4.69, 9.17) is 9.25 Å². The fraction of sp³-hybridized carbons (Fsp3) is 0.353. The summed E-state index contributed by atoms with van der Waals surface area (Å²) in [6.07, 6.45) is 4.32. The number of amides is 2. The molecule has 2 N–H and O–H groups in total. The zero-order chi connectivity index (χ0) is 17.3. The molecular formula is C17H18N4O4. The molecule has 2 amide bonds. The number of carbonyl (C=O) groups is 2. The summed E-state index contributed by atoms with van der Waals surface area (Å²) in [5.74, 6) is 0.328. The first-order valence-electron chi connectivity index (χ1n) is 8.14. The first-order valence-corrected chi connectivity index (χ1v) is 8.14. The average molecular weight is 342 g/mol. The topological polar surface area (TPSA) is 99.9 Å². The van der Waals surface area contributed by atoms with Crippen molar-refractivity contribution in [3.8, 4) is 0 Å². The Balaban J connectivity index is 1.33. The Morgan fingerprint density at radius 1 is 1.36 bits per heavy atom. The van der Waals surface area contributed by atoms with Crippen LogP contribution in [0.1, 0.15) is 29.1 Å². The molecule has 2 aliphatic heterocycles. The summed E-state index contributed by atoms with van der Waals surface area (Å²) in [5, 5.41) is 6.72. The molecule has 1 atom stereocenters. The number of rotatable bonds is 4. The Bertz CT molecular complexity index is 797. The van der Waals surface area contributed by atoms with E-state index in [0.29, 0.717) is 49.6 Å². The maximum absolute atomic E-state index is 12.4. The summed E-state index contributed by atoms with van der Waals surface area (Å²) in [5.41, 5.74) is 0.299. The number of nitrogens with zero attached hydrogens (tertiary/aromatic N) is 2.